The first-order valence-electron chi connectivity index (χ1n) is 13.4. The normalized spacial score (nSPS) is 13.2. The predicted octanol–water partition coefficient (Wildman–Crippen LogP) is 4.17. The molecule has 2 N–H and O–H groups in total. The number of benzene rings is 3. The van der Waals surface area contributed by atoms with Crippen molar-refractivity contribution in [1.82, 2.24) is 14.9 Å². The molecule has 0 atom stereocenters. The van der Waals surface area contributed by atoms with Crippen LogP contribution in [-0.2, 0) is 4.74 Å². The van der Waals surface area contributed by atoms with Gasteiger partial charge < -0.3 is 39.2 Å². The Morgan fingerprint density at radius 1 is 0.878 bits per heavy atom. The van der Waals surface area contributed by atoms with E-state index in [9.17, 15) is 9.90 Å². The molecule has 5 rings (SSSR count). The molecule has 2 heterocycles. The smallest absolute Gasteiger partial charge is 0.321 e. The third kappa shape index (κ3) is 7.13. The Morgan fingerprint density at radius 3 is 2.32 bits per heavy atom. The lowest BCUT2D eigenvalue weighted by Crippen LogP contribution is -2.50. The average molecular weight is 560 g/mol. The summed E-state index contributed by atoms with van der Waals surface area (Å²) in [5, 5.41) is 13.0. The first-order valence-corrected chi connectivity index (χ1v) is 13.4. The van der Waals surface area contributed by atoms with E-state index >= 15 is 0 Å². The first-order chi connectivity index (χ1) is 20.1. The van der Waals surface area contributed by atoms with Crippen LogP contribution in [0.2, 0.25) is 0 Å². The number of aliphatic hydroxyl groups excluding tert-OH is 1. The minimum Gasteiger partial charge on any atom is -0.487 e. The summed E-state index contributed by atoms with van der Waals surface area (Å²) in [5.74, 6) is 3.23. The highest BCUT2D eigenvalue weighted by Crippen LogP contribution is 2.35. The van der Waals surface area contributed by atoms with Crippen LogP contribution >= 0.6 is 0 Å². The van der Waals surface area contributed by atoms with E-state index in [1.54, 1.807) is 18.1 Å². The average Bonchev–Trinajstić information content (AvgIpc) is 3.01. The quantitative estimate of drug-likeness (QED) is 0.261. The number of carbonyl (C=O) groups is 1. The number of rotatable bonds is 11. The van der Waals surface area contributed by atoms with E-state index in [4.69, 9.17) is 18.9 Å². The zero-order valence-corrected chi connectivity index (χ0v) is 22.9. The first kappa shape index (κ1) is 27.9. The second-order valence-electron chi connectivity index (χ2n) is 9.27. The van der Waals surface area contributed by atoms with E-state index in [-0.39, 0.29) is 19.2 Å². The standard InChI is InChI=1S/C30H33N5O6/c1-38-17-18-40-27-19-25-26(20-28(27)39-16-15-36)31-21-32-29(25)34-11-13-35(14-12-34)30(37)33-22-7-9-24(10-8-22)41-23-5-3-2-4-6-23/h2-10,19-21,36H,11-18H2,1H3,(H,33,37). The van der Waals surface area contributed by atoms with E-state index in [1.165, 1.54) is 6.33 Å². The minimum absolute atomic E-state index is 0.115. The number of carbonyl (C=O) groups excluding carboxylic acids is 1. The maximum Gasteiger partial charge on any atom is 0.321 e. The van der Waals surface area contributed by atoms with Crippen LogP contribution in [0.3, 0.4) is 0 Å². The molecule has 0 aliphatic carbocycles. The van der Waals surface area contributed by atoms with E-state index in [2.05, 4.69) is 20.2 Å². The van der Waals surface area contributed by atoms with Gasteiger partial charge in [0.15, 0.2) is 11.5 Å². The van der Waals surface area contributed by atoms with Gasteiger partial charge in [-0.05, 0) is 42.5 Å². The van der Waals surface area contributed by atoms with Crippen molar-refractivity contribution >= 4 is 28.4 Å². The second-order valence-corrected chi connectivity index (χ2v) is 9.27. The Kier molecular flexibility index (Phi) is 9.30. The molecule has 11 nitrogen and oxygen atoms in total. The largest absolute Gasteiger partial charge is 0.487 e. The van der Waals surface area contributed by atoms with Gasteiger partial charge in [-0.25, -0.2) is 14.8 Å². The monoisotopic (exact) mass is 559 g/mol. The predicted molar refractivity (Wildman–Crippen MR) is 155 cm³/mol. The van der Waals surface area contributed by atoms with Crippen LogP contribution in [0.15, 0.2) is 73.1 Å². The number of anilines is 2. The molecule has 3 aromatic carbocycles. The number of hydrogen-bond donors (Lipinski definition) is 2. The number of para-hydroxylation sites is 1. The third-order valence-electron chi connectivity index (χ3n) is 6.52. The van der Waals surface area contributed by atoms with Gasteiger partial charge in [0.25, 0.3) is 0 Å². The summed E-state index contributed by atoms with van der Waals surface area (Å²) in [5.41, 5.74) is 1.39. The third-order valence-corrected chi connectivity index (χ3v) is 6.52. The summed E-state index contributed by atoms with van der Waals surface area (Å²) in [6, 6.07) is 20.3. The number of aromatic nitrogens is 2. The number of methoxy groups -OCH3 is 1. The van der Waals surface area contributed by atoms with Crippen molar-refractivity contribution < 1.29 is 28.8 Å². The highest BCUT2D eigenvalue weighted by Gasteiger charge is 2.24. The zero-order chi connectivity index (χ0) is 28.4. The Morgan fingerprint density at radius 2 is 1.59 bits per heavy atom. The molecule has 1 saturated heterocycles. The maximum atomic E-state index is 13.0. The van der Waals surface area contributed by atoms with Crippen LogP contribution in [0.25, 0.3) is 10.9 Å². The summed E-state index contributed by atoms with van der Waals surface area (Å²) in [7, 11) is 1.61. The Bertz CT molecular complexity index is 1430. The Hall–Kier alpha value is -4.61. The van der Waals surface area contributed by atoms with Gasteiger partial charge in [0.05, 0.1) is 18.7 Å². The molecule has 0 saturated carbocycles. The molecule has 11 heteroatoms. The fourth-order valence-electron chi connectivity index (χ4n) is 4.47. The molecule has 0 spiro atoms. The maximum absolute atomic E-state index is 13.0. The van der Waals surface area contributed by atoms with Crippen molar-refractivity contribution in [2.45, 2.75) is 0 Å². The van der Waals surface area contributed by atoms with Gasteiger partial charge >= 0.3 is 6.03 Å². The number of hydrogen-bond acceptors (Lipinski definition) is 9. The molecule has 0 unspecified atom stereocenters. The number of fused-ring (bicyclic) bond motifs is 1. The van der Waals surface area contributed by atoms with Gasteiger partial charge in [-0.15, -0.1) is 0 Å². The van der Waals surface area contributed by atoms with Gasteiger partial charge in [0.2, 0.25) is 0 Å². The lowest BCUT2D eigenvalue weighted by atomic mass is 10.2. The fraction of sp³-hybridized carbons (Fsp3) is 0.300. The number of urea groups is 1. The van der Waals surface area contributed by atoms with E-state index in [1.807, 2.05) is 60.7 Å². The number of amides is 2. The molecular formula is C30H33N5O6. The highest BCUT2D eigenvalue weighted by atomic mass is 16.5. The van der Waals surface area contributed by atoms with Crippen LogP contribution in [-0.4, -0.2) is 85.7 Å². The SMILES string of the molecule is COCCOc1cc2c(N3CCN(C(=O)Nc4ccc(Oc5ccccc5)cc4)CC3)ncnc2cc1OCCO. The molecule has 2 amide bonds. The summed E-state index contributed by atoms with van der Waals surface area (Å²) < 4.78 is 22.5. The molecule has 0 bridgehead atoms. The molecule has 214 valence electrons. The Labute approximate surface area is 238 Å². The lowest BCUT2D eigenvalue weighted by molar-refractivity contribution is 0.141. The summed E-state index contributed by atoms with van der Waals surface area (Å²) in [4.78, 5) is 25.9. The minimum atomic E-state index is -0.159. The summed E-state index contributed by atoms with van der Waals surface area (Å²) in [6.07, 6.45) is 1.52. The van der Waals surface area contributed by atoms with Crippen LogP contribution in [0.5, 0.6) is 23.0 Å². The number of nitrogens with zero attached hydrogens (tertiary/aromatic N) is 4. The fourth-order valence-corrected chi connectivity index (χ4v) is 4.47. The number of aliphatic hydroxyl groups is 1. The summed E-state index contributed by atoms with van der Waals surface area (Å²) in [6.45, 7) is 3.05. The van der Waals surface area contributed by atoms with Gasteiger partial charge in [-0.3, -0.25) is 0 Å². The van der Waals surface area contributed by atoms with Gasteiger partial charge in [-0.2, -0.15) is 0 Å². The number of nitrogens with one attached hydrogen (secondary N) is 1. The van der Waals surface area contributed by atoms with Crippen molar-refractivity contribution in [2.75, 3.05) is 69.9 Å². The van der Waals surface area contributed by atoms with E-state index in [0.717, 1.165) is 17.0 Å². The van der Waals surface area contributed by atoms with Crippen molar-refractivity contribution in [2.24, 2.45) is 0 Å². The van der Waals surface area contributed by atoms with Gasteiger partial charge in [0.1, 0.15) is 36.9 Å². The molecular weight excluding hydrogens is 526 g/mol. The number of piperazine rings is 1. The summed E-state index contributed by atoms with van der Waals surface area (Å²) >= 11 is 0. The number of ether oxygens (including phenoxy) is 4. The van der Waals surface area contributed by atoms with Crippen molar-refractivity contribution in [3.63, 3.8) is 0 Å². The van der Waals surface area contributed by atoms with E-state index in [0.29, 0.717) is 67.8 Å². The lowest BCUT2D eigenvalue weighted by Gasteiger charge is -2.35. The van der Waals surface area contributed by atoms with Crippen molar-refractivity contribution in [3.8, 4) is 23.0 Å². The molecule has 4 aromatic rings. The second kappa shape index (κ2) is 13.6. The van der Waals surface area contributed by atoms with Crippen LogP contribution in [0.1, 0.15) is 0 Å². The van der Waals surface area contributed by atoms with Crippen molar-refractivity contribution in [3.05, 3.63) is 73.1 Å². The topological polar surface area (TPSA) is 119 Å². The molecule has 0 radical (unpaired) electrons. The van der Waals surface area contributed by atoms with Gasteiger partial charge in [-0.1, -0.05) is 18.2 Å². The van der Waals surface area contributed by atoms with Crippen LogP contribution in [0, 0.1) is 0 Å². The van der Waals surface area contributed by atoms with Crippen molar-refractivity contribution in [1.29, 1.82) is 0 Å². The van der Waals surface area contributed by atoms with Crippen LogP contribution < -0.4 is 24.4 Å². The van der Waals surface area contributed by atoms with E-state index < -0.39 is 0 Å². The molecule has 1 aliphatic heterocycles. The molecule has 1 aromatic heterocycles. The highest BCUT2D eigenvalue weighted by molar-refractivity contribution is 5.92. The van der Waals surface area contributed by atoms with Gasteiger partial charge in [0, 0.05) is 50.4 Å². The molecule has 41 heavy (non-hydrogen) atoms. The van der Waals surface area contributed by atoms with Crippen LogP contribution in [0.4, 0.5) is 16.3 Å². The molecule has 1 aliphatic rings. The zero-order valence-electron chi connectivity index (χ0n) is 22.9. The molecule has 1 fully saturated rings. The Balaban J connectivity index is 1.22.